The van der Waals surface area contributed by atoms with Gasteiger partial charge in [0.2, 0.25) is 0 Å². The van der Waals surface area contributed by atoms with E-state index in [9.17, 15) is 12.8 Å². The molecule has 7 heteroatoms. The third kappa shape index (κ3) is 3.19. The molecular weight excluding hydrogens is 359 g/mol. The average Bonchev–Trinajstić information content (AvgIpc) is 2.41. The van der Waals surface area contributed by atoms with Gasteiger partial charge in [0.25, 0.3) is 10.0 Å². The van der Waals surface area contributed by atoms with Crippen LogP contribution in [-0.2, 0) is 10.0 Å². The van der Waals surface area contributed by atoms with E-state index in [0.717, 1.165) is 0 Å². The Hall–Kier alpha value is -1.60. The van der Waals surface area contributed by atoms with Crippen LogP contribution in [0.2, 0.25) is 0 Å². The number of nitrogens with two attached hydrogens (primary N) is 1. The van der Waals surface area contributed by atoms with Gasteiger partial charge in [0.1, 0.15) is 10.7 Å². The van der Waals surface area contributed by atoms with Gasteiger partial charge in [-0.25, -0.2) is 12.8 Å². The highest BCUT2D eigenvalue weighted by atomic mass is 79.9. The van der Waals surface area contributed by atoms with E-state index in [1.54, 1.807) is 13.0 Å². The predicted molar refractivity (Wildman–Crippen MR) is 85.2 cm³/mol. The van der Waals surface area contributed by atoms with Crippen LogP contribution in [0.5, 0.6) is 0 Å². The van der Waals surface area contributed by atoms with E-state index in [-0.39, 0.29) is 17.1 Å². The molecule has 2 rings (SSSR count). The second kappa shape index (κ2) is 6.03. The van der Waals surface area contributed by atoms with Crippen LogP contribution in [0.3, 0.4) is 0 Å². The number of anilines is 2. The molecule has 0 aliphatic carbocycles. The number of nitrogens with zero attached hydrogens (tertiary/aromatic N) is 1. The molecule has 0 unspecified atom stereocenters. The van der Waals surface area contributed by atoms with E-state index in [0.29, 0.717) is 10.2 Å². The zero-order chi connectivity index (χ0) is 15.6. The molecule has 0 aliphatic rings. The number of rotatable bonds is 4. The fourth-order valence-electron chi connectivity index (χ4n) is 1.97. The topological polar surface area (TPSA) is 63.4 Å². The Morgan fingerprint density at radius 3 is 2.33 bits per heavy atom. The van der Waals surface area contributed by atoms with Gasteiger partial charge >= 0.3 is 0 Å². The van der Waals surface area contributed by atoms with Crippen LogP contribution in [0.25, 0.3) is 0 Å². The van der Waals surface area contributed by atoms with Crippen molar-refractivity contribution in [3.63, 3.8) is 0 Å². The molecule has 0 aromatic heterocycles. The summed E-state index contributed by atoms with van der Waals surface area (Å²) in [4.78, 5) is 0.0249. The van der Waals surface area contributed by atoms with E-state index in [1.165, 1.54) is 40.7 Å². The second-order valence-corrected chi connectivity index (χ2v) is 7.07. The van der Waals surface area contributed by atoms with Gasteiger partial charge in [-0.3, -0.25) is 4.31 Å². The van der Waals surface area contributed by atoms with E-state index < -0.39 is 15.8 Å². The highest BCUT2D eigenvalue weighted by molar-refractivity contribution is 9.10. The highest BCUT2D eigenvalue weighted by Gasteiger charge is 2.25. The van der Waals surface area contributed by atoms with Crippen molar-refractivity contribution in [1.82, 2.24) is 0 Å². The summed E-state index contributed by atoms with van der Waals surface area (Å²) in [5.41, 5.74) is 6.35. The van der Waals surface area contributed by atoms with Crippen molar-refractivity contribution in [2.45, 2.75) is 11.8 Å². The fourth-order valence-corrected chi connectivity index (χ4v) is 3.92. The molecule has 112 valence electrons. The van der Waals surface area contributed by atoms with E-state index in [4.69, 9.17) is 5.73 Å². The Balaban J connectivity index is 2.51. The molecule has 0 bridgehead atoms. The molecule has 2 aromatic rings. The summed E-state index contributed by atoms with van der Waals surface area (Å²) in [6.07, 6.45) is 0. The molecule has 0 heterocycles. The van der Waals surface area contributed by atoms with Crippen LogP contribution in [-0.4, -0.2) is 15.0 Å². The van der Waals surface area contributed by atoms with Crippen molar-refractivity contribution in [3.8, 4) is 0 Å². The lowest BCUT2D eigenvalue weighted by Crippen LogP contribution is -2.31. The fraction of sp³-hybridized carbons (Fsp3) is 0.143. The molecule has 0 atom stereocenters. The standard InChI is InChI=1S/C14H14BrFN2O2S/c1-2-18(12-6-4-11(16)5-7-12)21(19,20)14-8-3-10(15)9-13(14)17/h3-9H,2,17H2,1H3. The summed E-state index contributed by atoms with van der Waals surface area (Å²) >= 11 is 3.24. The van der Waals surface area contributed by atoms with Crippen molar-refractivity contribution in [2.24, 2.45) is 0 Å². The average molecular weight is 373 g/mol. The number of sulfonamides is 1. The van der Waals surface area contributed by atoms with E-state index in [2.05, 4.69) is 15.9 Å². The summed E-state index contributed by atoms with van der Waals surface area (Å²) in [5, 5.41) is 0. The monoisotopic (exact) mass is 372 g/mol. The molecule has 0 aliphatic heterocycles. The summed E-state index contributed by atoms with van der Waals surface area (Å²) in [6.45, 7) is 1.92. The Labute approximate surface area is 131 Å². The van der Waals surface area contributed by atoms with Gasteiger partial charge in [0.05, 0.1) is 11.4 Å². The minimum absolute atomic E-state index is 0.0249. The van der Waals surface area contributed by atoms with Gasteiger partial charge in [-0.2, -0.15) is 0 Å². The summed E-state index contributed by atoms with van der Waals surface area (Å²) in [5.74, 6) is -0.421. The largest absolute Gasteiger partial charge is 0.398 e. The van der Waals surface area contributed by atoms with Crippen LogP contribution >= 0.6 is 15.9 Å². The zero-order valence-electron chi connectivity index (χ0n) is 11.3. The lowest BCUT2D eigenvalue weighted by atomic mass is 10.3. The smallest absolute Gasteiger partial charge is 0.266 e. The number of hydrogen-bond donors (Lipinski definition) is 1. The molecular formula is C14H14BrFN2O2S. The normalized spacial score (nSPS) is 11.4. The number of hydrogen-bond acceptors (Lipinski definition) is 3. The van der Waals surface area contributed by atoms with Crippen molar-refractivity contribution in [3.05, 3.63) is 52.8 Å². The Bertz CT molecular complexity index is 748. The maximum Gasteiger partial charge on any atom is 0.266 e. The van der Waals surface area contributed by atoms with Crippen molar-refractivity contribution >= 4 is 37.3 Å². The van der Waals surface area contributed by atoms with Crippen LogP contribution in [0.1, 0.15) is 6.92 Å². The van der Waals surface area contributed by atoms with Crippen LogP contribution < -0.4 is 10.0 Å². The van der Waals surface area contributed by atoms with Crippen LogP contribution in [0.4, 0.5) is 15.8 Å². The zero-order valence-corrected chi connectivity index (χ0v) is 13.7. The predicted octanol–water partition coefficient (Wildman–Crippen LogP) is 3.39. The van der Waals surface area contributed by atoms with Crippen LogP contribution in [0, 0.1) is 5.82 Å². The van der Waals surface area contributed by atoms with Crippen molar-refractivity contribution < 1.29 is 12.8 Å². The van der Waals surface area contributed by atoms with Gasteiger partial charge in [-0.1, -0.05) is 15.9 Å². The number of halogens is 2. The van der Waals surface area contributed by atoms with E-state index in [1.807, 2.05) is 0 Å². The molecule has 0 fully saturated rings. The second-order valence-electron chi connectivity index (χ2n) is 4.33. The molecule has 4 nitrogen and oxygen atoms in total. The van der Waals surface area contributed by atoms with Gasteiger partial charge in [0.15, 0.2) is 0 Å². The quantitative estimate of drug-likeness (QED) is 0.836. The van der Waals surface area contributed by atoms with E-state index >= 15 is 0 Å². The number of benzene rings is 2. The molecule has 0 saturated carbocycles. The first-order valence-electron chi connectivity index (χ1n) is 6.19. The van der Waals surface area contributed by atoms with Gasteiger partial charge in [-0.05, 0) is 49.4 Å². The molecule has 0 amide bonds. The molecule has 0 radical (unpaired) electrons. The Morgan fingerprint density at radius 1 is 1.19 bits per heavy atom. The first-order chi connectivity index (χ1) is 9.86. The first-order valence-corrected chi connectivity index (χ1v) is 8.43. The van der Waals surface area contributed by atoms with Gasteiger partial charge in [-0.15, -0.1) is 0 Å². The Morgan fingerprint density at radius 2 is 1.81 bits per heavy atom. The van der Waals surface area contributed by atoms with Gasteiger partial charge in [0, 0.05) is 11.0 Å². The van der Waals surface area contributed by atoms with Crippen LogP contribution in [0.15, 0.2) is 51.8 Å². The Kier molecular flexibility index (Phi) is 4.53. The maximum absolute atomic E-state index is 13.0. The maximum atomic E-state index is 13.0. The minimum Gasteiger partial charge on any atom is -0.398 e. The molecule has 21 heavy (non-hydrogen) atoms. The van der Waals surface area contributed by atoms with Crippen molar-refractivity contribution in [2.75, 3.05) is 16.6 Å². The number of nitrogen functional groups attached to an aromatic ring is 1. The summed E-state index contributed by atoms with van der Waals surface area (Å²) in [6, 6.07) is 9.88. The summed E-state index contributed by atoms with van der Waals surface area (Å²) < 4.78 is 40.3. The highest BCUT2D eigenvalue weighted by Crippen LogP contribution is 2.29. The third-order valence-corrected chi connectivity index (χ3v) is 5.41. The summed E-state index contributed by atoms with van der Waals surface area (Å²) in [7, 11) is -3.80. The molecule has 0 saturated heterocycles. The lowest BCUT2D eigenvalue weighted by Gasteiger charge is -2.23. The molecule has 2 N–H and O–H groups in total. The lowest BCUT2D eigenvalue weighted by molar-refractivity contribution is 0.592. The third-order valence-electron chi connectivity index (χ3n) is 2.94. The minimum atomic E-state index is -3.80. The molecule has 0 spiro atoms. The molecule has 2 aromatic carbocycles. The van der Waals surface area contributed by atoms with Crippen molar-refractivity contribution in [1.29, 1.82) is 0 Å². The first kappa shape index (κ1) is 15.8. The van der Waals surface area contributed by atoms with Gasteiger partial charge < -0.3 is 5.73 Å². The SMILES string of the molecule is CCN(c1ccc(F)cc1)S(=O)(=O)c1ccc(Br)cc1N.